The molecule has 3 aliphatic carbocycles. The molecule has 0 aromatic heterocycles. The van der Waals surface area contributed by atoms with Crippen molar-refractivity contribution in [3.63, 3.8) is 0 Å². The Hall–Kier alpha value is -2.12. The molecule has 0 aromatic rings. The second-order valence-electron chi connectivity index (χ2n) is 11.8. The zero-order chi connectivity index (χ0) is 26.3. The Bertz CT molecular complexity index is 1040. The van der Waals surface area contributed by atoms with Crippen molar-refractivity contribution < 1.29 is 24.6 Å². The van der Waals surface area contributed by atoms with Crippen LogP contribution in [0.5, 0.6) is 0 Å². The van der Waals surface area contributed by atoms with Gasteiger partial charge in [0.25, 0.3) is 5.91 Å². The van der Waals surface area contributed by atoms with Crippen molar-refractivity contribution in [2.45, 2.75) is 69.9 Å². The quantitative estimate of drug-likeness (QED) is 0.322. The number of aliphatic hydroxyl groups is 2. The van der Waals surface area contributed by atoms with E-state index in [1.54, 1.807) is 6.08 Å². The van der Waals surface area contributed by atoms with Gasteiger partial charge in [-0.05, 0) is 98.5 Å². The molecule has 3 saturated carbocycles. The van der Waals surface area contributed by atoms with E-state index in [1.807, 2.05) is 12.2 Å². The zero-order valence-corrected chi connectivity index (χ0v) is 22.3. The number of rotatable bonds is 2. The van der Waals surface area contributed by atoms with Crippen LogP contribution in [0.1, 0.15) is 58.3 Å². The Morgan fingerprint density at radius 3 is 2.65 bits per heavy atom. The van der Waals surface area contributed by atoms with Gasteiger partial charge in [0.15, 0.2) is 5.78 Å². The van der Waals surface area contributed by atoms with E-state index in [1.165, 1.54) is 6.08 Å². The van der Waals surface area contributed by atoms with E-state index < -0.39 is 17.6 Å². The number of hydrogen-bond acceptors (Lipinski definition) is 5. The highest BCUT2D eigenvalue weighted by atomic mass is 35.5. The van der Waals surface area contributed by atoms with Gasteiger partial charge in [-0.25, -0.2) is 0 Å². The van der Waals surface area contributed by atoms with Gasteiger partial charge in [0.05, 0.1) is 17.5 Å². The molecule has 37 heavy (non-hydrogen) atoms. The highest BCUT2D eigenvalue weighted by molar-refractivity contribution is 6.27. The van der Waals surface area contributed by atoms with Crippen molar-refractivity contribution in [3.05, 3.63) is 35.6 Å². The molecule has 202 valence electrons. The predicted molar refractivity (Wildman–Crippen MR) is 141 cm³/mol. The van der Waals surface area contributed by atoms with Crippen LogP contribution in [-0.2, 0) is 14.4 Å². The molecule has 9 atom stereocenters. The number of allylic oxidation sites excluding steroid dienone is 3. The fourth-order valence-corrected chi connectivity index (χ4v) is 8.89. The van der Waals surface area contributed by atoms with E-state index in [0.29, 0.717) is 37.1 Å². The molecule has 0 radical (unpaired) electrons. The first-order valence-corrected chi connectivity index (χ1v) is 14.5. The number of halogens is 1. The monoisotopic (exact) mass is 530 g/mol. The lowest BCUT2D eigenvalue weighted by molar-refractivity contribution is -0.118. The summed E-state index contributed by atoms with van der Waals surface area (Å²) in [7, 11) is 0. The number of fused-ring (bicyclic) bond motifs is 7. The fraction of sp³-hybridized carbons (Fsp3) is 0.690. The van der Waals surface area contributed by atoms with Crippen LogP contribution in [0, 0.1) is 41.4 Å². The van der Waals surface area contributed by atoms with Crippen molar-refractivity contribution >= 4 is 29.2 Å². The number of carbonyl (C=O) groups excluding carboxylic acids is 3. The van der Waals surface area contributed by atoms with E-state index in [2.05, 4.69) is 17.6 Å². The summed E-state index contributed by atoms with van der Waals surface area (Å²) < 4.78 is 0. The van der Waals surface area contributed by atoms with E-state index in [4.69, 9.17) is 11.6 Å². The number of hydrogen-bond donors (Lipinski definition) is 4. The predicted octanol–water partition coefficient (Wildman–Crippen LogP) is 3.57. The number of alkyl halides is 1. The van der Waals surface area contributed by atoms with Crippen LogP contribution < -0.4 is 10.6 Å². The summed E-state index contributed by atoms with van der Waals surface area (Å²) in [5.41, 5.74) is -0.998. The first-order valence-electron chi connectivity index (χ1n) is 14.0. The van der Waals surface area contributed by atoms with E-state index in [0.717, 1.165) is 38.5 Å². The minimum Gasteiger partial charge on any atom is -0.507 e. The third-order valence-corrected chi connectivity index (χ3v) is 10.5. The average Bonchev–Trinajstić information content (AvgIpc) is 3.48. The molecule has 4 fully saturated rings. The molecule has 7 nitrogen and oxygen atoms in total. The lowest BCUT2D eigenvalue weighted by atomic mass is 9.62. The van der Waals surface area contributed by atoms with Gasteiger partial charge in [-0.2, -0.15) is 0 Å². The number of ketones is 1. The minimum atomic E-state index is -0.827. The molecule has 2 heterocycles. The smallest absolute Gasteiger partial charge is 0.259 e. The summed E-state index contributed by atoms with van der Waals surface area (Å²) in [6, 6.07) is -0.674. The standard InChI is InChI=1S/C29H39ClN2O5/c1-2-18-13-17-14-21-19-5-3-7-24(34)31-12-4-6-22-27(35)25(28(36)32-22)23(33)11-9-16(19)8-10-20(21)26(17)29(18,37)15-30/h3,7,9,11,16-22,26,33,37H,2,4-6,8,10,12-15H2,1H3,(H,31,34)(H,32,36). The Balaban J connectivity index is 1.45. The fourth-order valence-electron chi connectivity index (χ4n) is 8.49. The van der Waals surface area contributed by atoms with Gasteiger partial charge in [-0.1, -0.05) is 25.5 Å². The van der Waals surface area contributed by atoms with Gasteiger partial charge in [0.2, 0.25) is 5.91 Å². The molecule has 5 aliphatic rings. The maximum atomic E-state index is 12.8. The number of aliphatic hydroxyl groups excluding tert-OH is 1. The largest absolute Gasteiger partial charge is 0.507 e. The van der Waals surface area contributed by atoms with E-state index in [9.17, 15) is 24.6 Å². The van der Waals surface area contributed by atoms with Crippen LogP contribution in [0.2, 0.25) is 0 Å². The molecule has 5 rings (SSSR count). The zero-order valence-electron chi connectivity index (χ0n) is 21.5. The van der Waals surface area contributed by atoms with E-state index in [-0.39, 0.29) is 52.6 Å². The lowest BCUT2D eigenvalue weighted by Gasteiger charge is -2.44. The second-order valence-corrected chi connectivity index (χ2v) is 12.1. The lowest BCUT2D eigenvalue weighted by Crippen LogP contribution is -2.47. The molecule has 1 saturated heterocycles. The van der Waals surface area contributed by atoms with Crippen molar-refractivity contribution in [1.82, 2.24) is 10.6 Å². The van der Waals surface area contributed by atoms with Crippen molar-refractivity contribution in [2.75, 3.05) is 12.4 Å². The summed E-state index contributed by atoms with van der Waals surface area (Å²) in [4.78, 5) is 37.7. The van der Waals surface area contributed by atoms with Crippen molar-refractivity contribution in [3.8, 4) is 0 Å². The summed E-state index contributed by atoms with van der Waals surface area (Å²) in [5, 5.41) is 28.0. The number of nitrogens with one attached hydrogen (secondary N) is 2. The Morgan fingerprint density at radius 1 is 1.08 bits per heavy atom. The average molecular weight is 531 g/mol. The van der Waals surface area contributed by atoms with Crippen LogP contribution in [-0.4, -0.2) is 51.9 Å². The SMILES string of the molecule is CCC1CC2CC3C4CC=CC(=O)NCCCC5NC(=O)C(=C(O)C=CC4CCC3C2C1(O)CCl)C5=O. The molecular formula is C29H39ClN2O5. The normalized spacial score (nSPS) is 42.3. The van der Waals surface area contributed by atoms with Crippen LogP contribution >= 0.6 is 11.6 Å². The van der Waals surface area contributed by atoms with Gasteiger partial charge >= 0.3 is 0 Å². The molecule has 4 N–H and O–H groups in total. The summed E-state index contributed by atoms with van der Waals surface area (Å²) in [5.74, 6) is 0.920. The summed E-state index contributed by atoms with van der Waals surface area (Å²) >= 11 is 6.41. The van der Waals surface area contributed by atoms with Gasteiger partial charge in [0, 0.05) is 6.54 Å². The molecule has 9 unspecified atom stereocenters. The van der Waals surface area contributed by atoms with Gasteiger partial charge in [0.1, 0.15) is 11.3 Å². The van der Waals surface area contributed by atoms with Crippen LogP contribution in [0.15, 0.2) is 35.6 Å². The van der Waals surface area contributed by atoms with Crippen molar-refractivity contribution in [2.24, 2.45) is 41.4 Å². The Kier molecular flexibility index (Phi) is 7.56. The molecule has 8 heteroatoms. The van der Waals surface area contributed by atoms with Crippen molar-refractivity contribution in [1.29, 1.82) is 0 Å². The number of Topliss-reactive ketones (excluding diaryl/α,β-unsaturated/α-hetero) is 1. The molecule has 2 amide bonds. The summed E-state index contributed by atoms with van der Waals surface area (Å²) in [6.45, 7) is 2.54. The Labute approximate surface area is 223 Å². The maximum absolute atomic E-state index is 12.8. The topological polar surface area (TPSA) is 116 Å². The molecule has 0 spiro atoms. The highest BCUT2D eigenvalue weighted by Crippen LogP contribution is 2.64. The number of amides is 2. The van der Waals surface area contributed by atoms with Crippen LogP contribution in [0.4, 0.5) is 0 Å². The third-order valence-electron chi connectivity index (χ3n) is 10.1. The first-order chi connectivity index (χ1) is 17.8. The maximum Gasteiger partial charge on any atom is 0.259 e. The second kappa shape index (κ2) is 10.6. The van der Waals surface area contributed by atoms with Crippen LogP contribution in [0.25, 0.3) is 0 Å². The first kappa shape index (κ1) is 26.5. The van der Waals surface area contributed by atoms with Gasteiger partial charge < -0.3 is 20.8 Å². The van der Waals surface area contributed by atoms with Gasteiger partial charge in [-0.15, -0.1) is 11.6 Å². The minimum absolute atomic E-state index is 0.130. The Morgan fingerprint density at radius 2 is 1.89 bits per heavy atom. The third kappa shape index (κ3) is 4.67. The summed E-state index contributed by atoms with van der Waals surface area (Å²) in [6.07, 6.45) is 13.5. The molecule has 2 bridgehead atoms. The van der Waals surface area contributed by atoms with Crippen LogP contribution in [0.3, 0.4) is 0 Å². The van der Waals surface area contributed by atoms with E-state index >= 15 is 0 Å². The highest BCUT2D eigenvalue weighted by Gasteiger charge is 2.62. The molecule has 2 aliphatic heterocycles. The number of carbonyl (C=O) groups is 3. The molecular weight excluding hydrogens is 492 g/mol. The van der Waals surface area contributed by atoms with Gasteiger partial charge in [-0.3, -0.25) is 14.4 Å². The molecule has 0 aromatic carbocycles.